The van der Waals surface area contributed by atoms with Gasteiger partial charge in [0.2, 0.25) is 5.88 Å². The van der Waals surface area contributed by atoms with Crippen LogP contribution in [0.2, 0.25) is 0 Å². The van der Waals surface area contributed by atoms with Crippen LogP contribution in [-0.4, -0.2) is 18.6 Å². The van der Waals surface area contributed by atoms with Crippen molar-refractivity contribution in [2.45, 2.75) is 32.1 Å². The Hall–Kier alpha value is -1.89. The third-order valence-electron chi connectivity index (χ3n) is 4.01. The Kier molecular flexibility index (Phi) is 3.44. The average molecular weight is 310 g/mol. The van der Waals surface area contributed by atoms with E-state index in [0.29, 0.717) is 5.92 Å². The van der Waals surface area contributed by atoms with E-state index in [4.69, 9.17) is 0 Å². The van der Waals surface area contributed by atoms with Gasteiger partial charge in [0.15, 0.2) is 0 Å². The molecule has 0 bridgehead atoms. The Morgan fingerprint density at radius 1 is 1.24 bits per heavy atom. The topological polar surface area (TPSA) is 89.9 Å². The molecule has 114 valence electrons. The molecule has 1 heterocycles. The molecule has 0 atom stereocenters. The van der Waals surface area contributed by atoms with Gasteiger partial charge < -0.3 is 10.2 Å². The molecular weight excluding hydrogens is 292 g/mol. The van der Waals surface area contributed by atoms with Gasteiger partial charge in [-0.2, -0.15) is 8.42 Å². The Labute approximate surface area is 123 Å². The molecule has 0 spiro atoms. The molecule has 3 rings (SSSR count). The van der Waals surface area contributed by atoms with Crippen LogP contribution in [0.4, 0.5) is 5.69 Å². The highest BCUT2D eigenvalue weighted by atomic mass is 32.2. The minimum atomic E-state index is -3.87. The van der Waals surface area contributed by atoms with Gasteiger partial charge in [-0.1, -0.05) is 31.7 Å². The predicted molar refractivity (Wildman–Crippen MR) is 79.0 cm³/mol. The van der Waals surface area contributed by atoms with Gasteiger partial charge in [-0.3, -0.25) is 0 Å². The normalized spacial score (nSPS) is 21.3. The van der Waals surface area contributed by atoms with E-state index < -0.39 is 16.1 Å². The molecule has 21 heavy (non-hydrogen) atoms. The largest absolute Gasteiger partial charge is 0.506 e. The summed E-state index contributed by atoms with van der Waals surface area (Å²) >= 11 is 0. The van der Waals surface area contributed by atoms with Crippen molar-refractivity contribution in [3.05, 3.63) is 35.8 Å². The number of nitrogens with one attached hydrogen (secondary N) is 1. The second-order valence-corrected chi connectivity index (χ2v) is 7.14. The highest BCUT2D eigenvalue weighted by Crippen LogP contribution is 2.34. The first-order valence-corrected chi connectivity index (χ1v) is 8.44. The van der Waals surface area contributed by atoms with E-state index in [0.717, 1.165) is 22.5 Å². The Morgan fingerprint density at radius 3 is 2.52 bits per heavy atom. The van der Waals surface area contributed by atoms with E-state index in [2.05, 4.69) is 0 Å². The van der Waals surface area contributed by atoms with E-state index in [-0.39, 0.29) is 11.4 Å². The smallest absolute Gasteiger partial charge is 0.330 e. The molecule has 0 radical (unpaired) electrons. The van der Waals surface area contributed by atoms with E-state index in [1.165, 1.54) is 25.7 Å². The number of rotatable bonds is 3. The molecule has 1 saturated carbocycles. The number of aromatic hydroxyl groups is 1. The van der Waals surface area contributed by atoms with Crippen LogP contribution >= 0.6 is 0 Å². The molecule has 1 aromatic carbocycles. The summed E-state index contributed by atoms with van der Waals surface area (Å²) in [7, 11) is -3.87. The molecule has 1 aliphatic carbocycles. The minimum Gasteiger partial charge on any atom is -0.506 e. The first-order chi connectivity index (χ1) is 9.95. The highest BCUT2D eigenvalue weighted by molar-refractivity contribution is 7.91. The van der Waals surface area contributed by atoms with Crippen LogP contribution in [0.25, 0.3) is 0 Å². The van der Waals surface area contributed by atoms with Gasteiger partial charge >= 0.3 is 10.2 Å². The summed E-state index contributed by atoms with van der Waals surface area (Å²) in [4.78, 5) is 0. The van der Waals surface area contributed by atoms with Gasteiger partial charge in [0.1, 0.15) is 11.4 Å². The molecule has 3 N–H and O–H groups in total. The number of phenols is 1. The van der Waals surface area contributed by atoms with E-state index in [1.54, 1.807) is 12.1 Å². The Morgan fingerprint density at radius 2 is 1.95 bits per heavy atom. The highest BCUT2D eigenvalue weighted by Gasteiger charge is 2.30. The summed E-state index contributed by atoms with van der Waals surface area (Å²) in [5, 5.41) is 19.4. The molecule has 0 unspecified atom stereocenters. The fraction of sp³-hybridized carbons (Fsp3) is 0.429. The Bertz CT molecular complexity index is 678. The van der Waals surface area contributed by atoms with Crippen LogP contribution in [0, 0.1) is 5.92 Å². The number of anilines is 1. The van der Waals surface area contributed by atoms with E-state index in [9.17, 15) is 18.6 Å². The number of hydrogen-bond acceptors (Lipinski definition) is 4. The lowest BCUT2D eigenvalue weighted by Gasteiger charge is -2.17. The molecule has 0 aromatic heterocycles. The van der Waals surface area contributed by atoms with Crippen molar-refractivity contribution < 1.29 is 18.6 Å². The fourth-order valence-corrected chi connectivity index (χ4v) is 4.08. The summed E-state index contributed by atoms with van der Waals surface area (Å²) in [6.45, 7) is 0. The molecule has 7 heteroatoms. The summed E-state index contributed by atoms with van der Waals surface area (Å²) in [6.07, 6.45) is 6.88. The monoisotopic (exact) mass is 310 g/mol. The first-order valence-electron chi connectivity index (χ1n) is 7.00. The summed E-state index contributed by atoms with van der Waals surface area (Å²) in [6, 6.07) is 4.99. The number of phenolic OH excluding ortho intramolecular Hbond substituents is 1. The number of aliphatic hydroxyl groups is 1. The van der Waals surface area contributed by atoms with Crippen molar-refractivity contribution in [1.29, 1.82) is 0 Å². The van der Waals surface area contributed by atoms with Gasteiger partial charge in [0.05, 0.1) is 6.20 Å². The SMILES string of the molecule is O=S1(=O)NC(O)=CN1c1ccc(CC2CCCC2)cc1O. The molecule has 1 fully saturated rings. The lowest BCUT2D eigenvalue weighted by molar-refractivity contribution is 0.392. The summed E-state index contributed by atoms with van der Waals surface area (Å²) in [5.74, 6) is 0.0719. The zero-order valence-corrected chi connectivity index (χ0v) is 12.3. The van der Waals surface area contributed by atoms with Crippen LogP contribution in [-0.2, 0) is 16.6 Å². The van der Waals surface area contributed by atoms with Gasteiger partial charge in [-0.05, 0) is 30.0 Å². The fourth-order valence-electron chi connectivity index (χ4n) is 3.02. The lowest BCUT2D eigenvalue weighted by Crippen LogP contribution is -2.29. The molecular formula is C14H18N2O4S. The van der Waals surface area contributed by atoms with Gasteiger partial charge in [-0.25, -0.2) is 9.03 Å². The maximum atomic E-state index is 11.8. The van der Waals surface area contributed by atoms with Crippen LogP contribution in [0.1, 0.15) is 31.2 Å². The second-order valence-electron chi connectivity index (χ2n) is 5.59. The average Bonchev–Trinajstić information content (AvgIpc) is 2.97. The standard InChI is InChI=1S/C14H18N2O4S/c17-13-8-11(7-10-3-1-2-4-10)5-6-12(13)16-9-14(18)15-21(16,19)20/h5-6,8-10,15,17-18H,1-4,7H2. The number of aliphatic hydroxyl groups excluding tert-OH is 1. The van der Waals surface area contributed by atoms with Crippen molar-refractivity contribution in [3.63, 3.8) is 0 Å². The van der Waals surface area contributed by atoms with Gasteiger partial charge in [0.25, 0.3) is 0 Å². The molecule has 1 aliphatic heterocycles. The quantitative estimate of drug-likeness (QED) is 0.798. The molecule has 6 nitrogen and oxygen atoms in total. The van der Waals surface area contributed by atoms with Crippen LogP contribution in [0.15, 0.2) is 30.3 Å². The molecule has 2 aliphatic rings. The summed E-state index contributed by atoms with van der Waals surface area (Å²) in [5.41, 5.74) is 1.13. The van der Waals surface area contributed by atoms with Crippen LogP contribution < -0.4 is 9.03 Å². The molecule has 0 saturated heterocycles. The zero-order valence-electron chi connectivity index (χ0n) is 11.5. The van der Waals surface area contributed by atoms with Crippen molar-refractivity contribution in [2.75, 3.05) is 4.31 Å². The zero-order chi connectivity index (χ0) is 15.0. The van der Waals surface area contributed by atoms with Crippen molar-refractivity contribution in [2.24, 2.45) is 5.92 Å². The minimum absolute atomic E-state index is 0.109. The molecule has 1 aromatic rings. The third-order valence-corrected chi connectivity index (χ3v) is 5.30. The predicted octanol–water partition coefficient (Wildman–Crippen LogP) is 2.14. The maximum absolute atomic E-state index is 11.8. The second kappa shape index (κ2) is 5.14. The van der Waals surface area contributed by atoms with Gasteiger partial charge in [-0.15, -0.1) is 0 Å². The van der Waals surface area contributed by atoms with Crippen molar-refractivity contribution in [3.8, 4) is 5.75 Å². The lowest BCUT2D eigenvalue weighted by atomic mass is 9.98. The summed E-state index contributed by atoms with van der Waals surface area (Å²) < 4.78 is 26.3. The van der Waals surface area contributed by atoms with Gasteiger partial charge in [0, 0.05) is 0 Å². The first kappa shape index (κ1) is 14.1. The van der Waals surface area contributed by atoms with Crippen LogP contribution in [0.5, 0.6) is 5.75 Å². The van der Waals surface area contributed by atoms with Crippen LogP contribution in [0.3, 0.4) is 0 Å². The van der Waals surface area contributed by atoms with E-state index >= 15 is 0 Å². The number of benzene rings is 1. The van der Waals surface area contributed by atoms with Crippen molar-refractivity contribution in [1.82, 2.24) is 4.72 Å². The maximum Gasteiger partial charge on any atom is 0.330 e. The third kappa shape index (κ3) is 2.78. The Balaban J connectivity index is 1.84. The van der Waals surface area contributed by atoms with E-state index in [1.807, 2.05) is 10.8 Å². The number of hydrogen-bond donors (Lipinski definition) is 3. The number of nitrogens with zero attached hydrogens (tertiary/aromatic N) is 1. The van der Waals surface area contributed by atoms with Crippen molar-refractivity contribution >= 4 is 15.9 Å². The molecule has 0 amide bonds.